The maximum Gasteiger partial charge on any atom is 0.244 e. The summed E-state index contributed by atoms with van der Waals surface area (Å²) in [5, 5.41) is 6.10. The number of carbonyl (C=O) groups is 1. The van der Waals surface area contributed by atoms with Crippen LogP contribution in [0.5, 0.6) is 5.75 Å². The number of nitrogens with one attached hydrogen (secondary N) is 2. The molecule has 1 fully saturated rings. The Kier molecular flexibility index (Phi) is 4.80. The van der Waals surface area contributed by atoms with E-state index in [1.165, 1.54) is 25.3 Å². The van der Waals surface area contributed by atoms with E-state index in [9.17, 15) is 9.18 Å². The molecule has 1 aromatic carbocycles. The first-order chi connectivity index (χ1) is 9.95. The van der Waals surface area contributed by atoms with Crippen molar-refractivity contribution in [3.63, 3.8) is 0 Å². The summed E-state index contributed by atoms with van der Waals surface area (Å²) in [6, 6.07) is 4.30. The second-order valence-electron chi connectivity index (χ2n) is 5.60. The summed E-state index contributed by atoms with van der Waals surface area (Å²) in [7, 11) is 1.40. The van der Waals surface area contributed by atoms with Gasteiger partial charge in [0.05, 0.1) is 12.6 Å². The van der Waals surface area contributed by atoms with Crippen molar-refractivity contribution in [1.82, 2.24) is 10.2 Å². The predicted octanol–water partition coefficient (Wildman–Crippen LogP) is 1.46. The van der Waals surface area contributed by atoms with Crippen LogP contribution in [0.4, 0.5) is 10.1 Å². The van der Waals surface area contributed by atoms with Gasteiger partial charge >= 0.3 is 0 Å². The zero-order chi connectivity index (χ0) is 15.5. The van der Waals surface area contributed by atoms with E-state index in [4.69, 9.17) is 4.74 Å². The van der Waals surface area contributed by atoms with Crippen molar-refractivity contribution in [2.24, 2.45) is 0 Å². The highest BCUT2D eigenvalue weighted by molar-refractivity contribution is 5.97. The quantitative estimate of drug-likeness (QED) is 0.883. The average Bonchev–Trinajstić information content (AvgIpc) is 2.50. The van der Waals surface area contributed by atoms with Crippen LogP contribution in [0.3, 0.4) is 0 Å². The van der Waals surface area contributed by atoms with Crippen LogP contribution in [-0.2, 0) is 4.79 Å². The molecule has 1 aliphatic heterocycles. The van der Waals surface area contributed by atoms with Gasteiger partial charge in [0.2, 0.25) is 5.91 Å². The molecular weight excluding hydrogens is 273 g/mol. The predicted molar refractivity (Wildman–Crippen MR) is 80.1 cm³/mol. The van der Waals surface area contributed by atoms with Gasteiger partial charge in [0.25, 0.3) is 0 Å². The van der Waals surface area contributed by atoms with Gasteiger partial charge in [-0.3, -0.25) is 9.69 Å². The largest absolute Gasteiger partial charge is 0.494 e. The van der Waals surface area contributed by atoms with Gasteiger partial charge in [0, 0.05) is 37.9 Å². The molecule has 1 saturated heterocycles. The SMILES string of the molecule is COc1cc(NC(=O)C(C)(C)N2CCNCC2)ccc1F. The standard InChI is InChI=1S/C15H22FN3O2/c1-15(2,19-8-6-17-7-9-19)14(20)18-11-4-5-12(16)13(10-11)21-3/h4-5,10,17H,6-9H2,1-3H3,(H,18,20). The maximum atomic E-state index is 13.4. The van der Waals surface area contributed by atoms with E-state index in [1.807, 2.05) is 13.8 Å². The van der Waals surface area contributed by atoms with Crippen LogP contribution in [0.2, 0.25) is 0 Å². The van der Waals surface area contributed by atoms with Gasteiger partial charge in [-0.1, -0.05) is 0 Å². The zero-order valence-corrected chi connectivity index (χ0v) is 12.7. The Morgan fingerprint density at radius 3 is 2.67 bits per heavy atom. The lowest BCUT2D eigenvalue weighted by molar-refractivity contribution is -0.126. The fourth-order valence-electron chi connectivity index (χ4n) is 2.39. The number of hydrogen-bond acceptors (Lipinski definition) is 4. The van der Waals surface area contributed by atoms with Crippen molar-refractivity contribution in [3.05, 3.63) is 24.0 Å². The molecule has 1 aliphatic rings. The van der Waals surface area contributed by atoms with E-state index in [2.05, 4.69) is 15.5 Å². The summed E-state index contributed by atoms with van der Waals surface area (Å²) in [5.74, 6) is -0.442. The Balaban J connectivity index is 2.09. The minimum absolute atomic E-state index is 0.113. The number of halogens is 1. The van der Waals surface area contributed by atoms with Crippen LogP contribution in [0.15, 0.2) is 18.2 Å². The van der Waals surface area contributed by atoms with E-state index in [0.29, 0.717) is 5.69 Å². The molecule has 0 unspecified atom stereocenters. The summed E-state index contributed by atoms with van der Waals surface area (Å²) in [6.07, 6.45) is 0. The van der Waals surface area contributed by atoms with Crippen LogP contribution < -0.4 is 15.4 Å². The molecule has 6 heteroatoms. The molecule has 0 aromatic heterocycles. The van der Waals surface area contributed by atoms with Crippen LogP contribution in [0.25, 0.3) is 0 Å². The van der Waals surface area contributed by atoms with Crippen LogP contribution in [0.1, 0.15) is 13.8 Å². The first-order valence-electron chi connectivity index (χ1n) is 7.06. The Morgan fingerprint density at radius 1 is 1.38 bits per heavy atom. The molecule has 1 heterocycles. The lowest BCUT2D eigenvalue weighted by Crippen LogP contribution is -2.58. The van der Waals surface area contributed by atoms with Gasteiger partial charge in [-0.15, -0.1) is 0 Å². The fourth-order valence-corrected chi connectivity index (χ4v) is 2.39. The number of hydrogen-bond donors (Lipinski definition) is 2. The molecule has 5 nitrogen and oxygen atoms in total. The molecular formula is C15H22FN3O2. The molecule has 116 valence electrons. The smallest absolute Gasteiger partial charge is 0.244 e. The lowest BCUT2D eigenvalue weighted by Gasteiger charge is -2.39. The van der Waals surface area contributed by atoms with Crippen LogP contribution in [0, 0.1) is 5.82 Å². The lowest BCUT2D eigenvalue weighted by atomic mass is 10.0. The molecule has 0 atom stereocenters. The zero-order valence-electron chi connectivity index (χ0n) is 12.7. The molecule has 21 heavy (non-hydrogen) atoms. The Bertz CT molecular complexity index is 514. The van der Waals surface area contributed by atoms with Gasteiger partial charge in [-0.05, 0) is 26.0 Å². The highest BCUT2D eigenvalue weighted by atomic mass is 19.1. The summed E-state index contributed by atoms with van der Waals surface area (Å²) in [5.41, 5.74) is -0.0922. The first-order valence-corrected chi connectivity index (χ1v) is 7.06. The normalized spacial score (nSPS) is 16.6. The number of methoxy groups -OCH3 is 1. The van der Waals surface area contributed by atoms with E-state index >= 15 is 0 Å². The van der Waals surface area contributed by atoms with Gasteiger partial charge in [0.15, 0.2) is 11.6 Å². The number of nitrogens with zero attached hydrogens (tertiary/aromatic N) is 1. The summed E-state index contributed by atoms with van der Waals surface area (Å²) in [6.45, 7) is 7.20. The molecule has 1 aromatic rings. The van der Waals surface area contributed by atoms with E-state index in [-0.39, 0.29) is 11.7 Å². The number of rotatable bonds is 4. The summed E-state index contributed by atoms with van der Waals surface area (Å²) >= 11 is 0. The molecule has 0 aliphatic carbocycles. The second kappa shape index (κ2) is 6.41. The fraction of sp³-hybridized carbons (Fsp3) is 0.533. The van der Waals surface area contributed by atoms with Gasteiger partial charge < -0.3 is 15.4 Å². The number of benzene rings is 1. The van der Waals surface area contributed by atoms with Gasteiger partial charge in [0.1, 0.15) is 0 Å². The molecule has 0 spiro atoms. The van der Waals surface area contributed by atoms with Gasteiger partial charge in [-0.25, -0.2) is 4.39 Å². The van der Waals surface area contributed by atoms with E-state index in [1.54, 1.807) is 0 Å². The van der Waals surface area contributed by atoms with E-state index in [0.717, 1.165) is 26.2 Å². The average molecular weight is 295 g/mol. The van der Waals surface area contributed by atoms with Crippen molar-refractivity contribution in [2.75, 3.05) is 38.6 Å². The highest BCUT2D eigenvalue weighted by Gasteiger charge is 2.35. The minimum Gasteiger partial charge on any atom is -0.494 e. The molecule has 1 amide bonds. The van der Waals surface area contributed by atoms with Crippen LogP contribution >= 0.6 is 0 Å². The molecule has 2 rings (SSSR count). The van der Waals surface area contributed by atoms with Gasteiger partial charge in [-0.2, -0.15) is 0 Å². The first kappa shape index (κ1) is 15.7. The third kappa shape index (κ3) is 3.51. The van der Waals surface area contributed by atoms with E-state index < -0.39 is 11.4 Å². The molecule has 2 N–H and O–H groups in total. The number of amides is 1. The monoisotopic (exact) mass is 295 g/mol. The third-order valence-electron chi connectivity index (χ3n) is 3.87. The number of carbonyl (C=O) groups excluding carboxylic acids is 1. The highest BCUT2D eigenvalue weighted by Crippen LogP contribution is 2.23. The number of piperazine rings is 1. The van der Waals surface area contributed by atoms with Crippen LogP contribution in [-0.4, -0.2) is 49.6 Å². The summed E-state index contributed by atoms with van der Waals surface area (Å²) < 4.78 is 18.3. The second-order valence-corrected chi connectivity index (χ2v) is 5.60. The van der Waals surface area contributed by atoms with Crippen molar-refractivity contribution in [1.29, 1.82) is 0 Å². The Hall–Kier alpha value is -1.66. The van der Waals surface area contributed by atoms with Crippen molar-refractivity contribution in [3.8, 4) is 5.75 Å². The molecule has 0 radical (unpaired) electrons. The topological polar surface area (TPSA) is 53.6 Å². The molecule has 0 bridgehead atoms. The molecule has 0 saturated carbocycles. The maximum absolute atomic E-state index is 13.4. The number of anilines is 1. The minimum atomic E-state index is -0.621. The van der Waals surface area contributed by atoms with Crippen molar-refractivity contribution in [2.45, 2.75) is 19.4 Å². The Labute approximate surface area is 124 Å². The Morgan fingerprint density at radius 2 is 2.05 bits per heavy atom. The third-order valence-corrected chi connectivity index (χ3v) is 3.87. The van der Waals surface area contributed by atoms with Crippen molar-refractivity contribution >= 4 is 11.6 Å². The van der Waals surface area contributed by atoms with Crippen molar-refractivity contribution < 1.29 is 13.9 Å². The summed E-state index contributed by atoms with van der Waals surface area (Å²) in [4.78, 5) is 14.6. The number of ether oxygens (including phenoxy) is 1.